The molecule has 25 heavy (non-hydrogen) atoms. The quantitative estimate of drug-likeness (QED) is 0.723. The number of hydrogen-bond acceptors (Lipinski definition) is 4. The van der Waals surface area contributed by atoms with Crippen molar-refractivity contribution in [1.29, 1.82) is 0 Å². The van der Waals surface area contributed by atoms with Crippen LogP contribution in [0.1, 0.15) is 24.2 Å². The Hall–Kier alpha value is -2.09. The normalized spacial score (nSPS) is 11.2. The van der Waals surface area contributed by atoms with Gasteiger partial charge in [-0.2, -0.15) is 0 Å². The number of carbonyl (C=O) groups is 1. The average molecular weight is 382 g/mol. The zero-order valence-electron chi connectivity index (χ0n) is 14.0. The lowest BCUT2D eigenvalue weighted by molar-refractivity contribution is 0.0945. The van der Waals surface area contributed by atoms with E-state index in [0.717, 1.165) is 18.8 Å². The van der Waals surface area contributed by atoms with Gasteiger partial charge in [0, 0.05) is 29.4 Å². The second-order valence-corrected chi connectivity index (χ2v) is 7.35. The number of nitrogens with zero attached hydrogens (tertiary/aromatic N) is 1. The molecule has 0 saturated carbocycles. The molecule has 2 aromatic carbocycles. The summed E-state index contributed by atoms with van der Waals surface area (Å²) in [4.78, 5) is 16.3. The third-order valence-electron chi connectivity index (χ3n) is 3.68. The molecule has 0 unspecified atom stereocenters. The summed E-state index contributed by atoms with van der Waals surface area (Å²) in [6.07, 6.45) is 0. The monoisotopic (exact) mass is 381 g/mol. The third-order valence-corrected chi connectivity index (χ3v) is 5.20. The first-order valence-electron chi connectivity index (χ1n) is 7.80. The van der Waals surface area contributed by atoms with Gasteiger partial charge in [-0.15, -0.1) is 4.83 Å². The minimum absolute atomic E-state index is 0.00841. The molecule has 0 aliphatic carbocycles. The molecule has 0 aromatic heterocycles. The van der Waals surface area contributed by atoms with Gasteiger partial charge in [-0.3, -0.25) is 10.2 Å². The van der Waals surface area contributed by atoms with Gasteiger partial charge in [0.1, 0.15) is 0 Å². The van der Waals surface area contributed by atoms with Crippen molar-refractivity contribution in [2.45, 2.75) is 18.7 Å². The molecule has 0 saturated heterocycles. The number of hydrazine groups is 1. The molecule has 0 spiro atoms. The number of halogens is 1. The maximum atomic E-state index is 12.1. The summed E-state index contributed by atoms with van der Waals surface area (Å²) >= 11 is 5.74. The van der Waals surface area contributed by atoms with E-state index in [2.05, 4.69) is 29.0 Å². The molecule has 1 amide bonds. The van der Waals surface area contributed by atoms with Crippen LogP contribution < -0.4 is 15.2 Å². The van der Waals surface area contributed by atoms with Gasteiger partial charge in [0.25, 0.3) is 15.9 Å². The van der Waals surface area contributed by atoms with Gasteiger partial charge in [0.2, 0.25) is 0 Å². The van der Waals surface area contributed by atoms with Crippen LogP contribution >= 0.6 is 11.6 Å². The highest BCUT2D eigenvalue weighted by molar-refractivity contribution is 7.89. The first-order chi connectivity index (χ1) is 11.9. The molecule has 0 heterocycles. The van der Waals surface area contributed by atoms with E-state index < -0.39 is 15.9 Å². The average Bonchev–Trinajstić information content (AvgIpc) is 2.62. The number of carbonyl (C=O) groups excluding carboxylic acids is 1. The van der Waals surface area contributed by atoms with Crippen LogP contribution in [0.25, 0.3) is 0 Å². The van der Waals surface area contributed by atoms with Crippen molar-refractivity contribution in [1.82, 2.24) is 10.3 Å². The van der Waals surface area contributed by atoms with Crippen molar-refractivity contribution >= 4 is 33.2 Å². The van der Waals surface area contributed by atoms with Crippen molar-refractivity contribution in [3.05, 3.63) is 59.1 Å². The van der Waals surface area contributed by atoms with Crippen LogP contribution in [0.2, 0.25) is 5.02 Å². The second-order valence-electron chi connectivity index (χ2n) is 5.23. The maximum absolute atomic E-state index is 12.1. The number of hydrogen-bond donors (Lipinski definition) is 2. The van der Waals surface area contributed by atoms with Crippen molar-refractivity contribution in [2.24, 2.45) is 0 Å². The Morgan fingerprint density at radius 3 is 2.08 bits per heavy atom. The molecule has 2 aromatic rings. The first kappa shape index (κ1) is 19.2. The number of rotatable bonds is 7. The summed E-state index contributed by atoms with van der Waals surface area (Å²) in [7, 11) is -3.86. The molecule has 2 rings (SSSR count). The largest absolute Gasteiger partial charge is 0.372 e. The van der Waals surface area contributed by atoms with Crippen LogP contribution in [0, 0.1) is 0 Å². The molecule has 0 aliphatic heterocycles. The molecule has 0 bridgehead atoms. The topological polar surface area (TPSA) is 78.5 Å². The van der Waals surface area contributed by atoms with Crippen LogP contribution in [-0.2, 0) is 10.0 Å². The zero-order valence-corrected chi connectivity index (χ0v) is 15.6. The van der Waals surface area contributed by atoms with E-state index >= 15 is 0 Å². The molecule has 6 nitrogen and oxygen atoms in total. The SMILES string of the molecule is CCN(CC)c1ccc(C(=O)NNS(=O)(=O)c2ccc(Cl)cc2)cc1. The van der Waals surface area contributed by atoms with E-state index in [1.54, 1.807) is 12.1 Å². The molecular formula is C17H20ClN3O3S. The number of benzene rings is 2. The van der Waals surface area contributed by atoms with Crippen LogP contribution in [0.4, 0.5) is 5.69 Å². The smallest absolute Gasteiger partial charge is 0.266 e. The van der Waals surface area contributed by atoms with E-state index in [-0.39, 0.29) is 4.90 Å². The van der Waals surface area contributed by atoms with E-state index in [4.69, 9.17) is 11.6 Å². The van der Waals surface area contributed by atoms with E-state index in [0.29, 0.717) is 10.6 Å². The fraction of sp³-hybridized carbons (Fsp3) is 0.235. The minimum atomic E-state index is -3.86. The Morgan fingerprint density at radius 2 is 1.56 bits per heavy atom. The van der Waals surface area contributed by atoms with Gasteiger partial charge >= 0.3 is 0 Å². The van der Waals surface area contributed by atoms with Gasteiger partial charge in [-0.25, -0.2) is 8.42 Å². The lowest BCUT2D eigenvalue weighted by Gasteiger charge is -2.21. The predicted octanol–water partition coefficient (Wildman–Crippen LogP) is 2.81. The highest BCUT2D eigenvalue weighted by atomic mass is 35.5. The zero-order chi connectivity index (χ0) is 18.4. The molecule has 8 heteroatoms. The summed E-state index contributed by atoms with van der Waals surface area (Å²) in [6.45, 7) is 5.83. The Kier molecular flexibility index (Phi) is 6.41. The van der Waals surface area contributed by atoms with Crippen LogP contribution in [0.5, 0.6) is 0 Å². The predicted molar refractivity (Wildman–Crippen MR) is 99.2 cm³/mol. The molecular weight excluding hydrogens is 362 g/mol. The van der Waals surface area contributed by atoms with E-state index in [9.17, 15) is 13.2 Å². The highest BCUT2D eigenvalue weighted by Gasteiger charge is 2.15. The van der Waals surface area contributed by atoms with Crippen molar-refractivity contribution in [3.8, 4) is 0 Å². The van der Waals surface area contributed by atoms with Gasteiger partial charge in [-0.1, -0.05) is 11.6 Å². The van der Waals surface area contributed by atoms with E-state index in [1.807, 2.05) is 12.1 Å². The molecule has 134 valence electrons. The summed E-state index contributed by atoms with van der Waals surface area (Å²) in [5, 5.41) is 0.427. The molecule has 0 fully saturated rings. The standard InChI is InChI=1S/C17H20ClN3O3S/c1-3-21(4-2)15-9-5-13(6-10-15)17(22)19-20-25(23,24)16-11-7-14(18)8-12-16/h5-12,20H,3-4H2,1-2H3,(H,19,22). The van der Waals surface area contributed by atoms with Crippen LogP contribution in [0.3, 0.4) is 0 Å². The Balaban J connectivity index is 2.03. The van der Waals surface area contributed by atoms with Gasteiger partial charge in [0.15, 0.2) is 0 Å². The number of anilines is 1. The Bertz CT molecular complexity index is 817. The highest BCUT2D eigenvalue weighted by Crippen LogP contribution is 2.15. The summed E-state index contributed by atoms with van der Waals surface area (Å²) < 4.78 is 24.2. The maximum Gasteiger partial charge on any atom is 0.266 e. The number of sulfonamides is 1. The van der Waals surface area contributed by atoms with Gasteiger partial charge in [-0.05, 0) is 62.4 Å². The van der Waals surface area contributed by atoms with Gasteiger partial charge < -0.3 is 4.90 Å². The number of amides is 1. The third kappa shape index (κ3) is 4.94. The Morgan fingerprint density at radius 1 is 1.00 bits per heavy atom. The van der Waals surface area contributed by atoms with E-state index in [1.165, 1.54) is 24.3 Å². The summed E-state index contributed by atoms with van der Waals surface area (Å²) in [6, 6.07) is 12.6. The van der Waals surface area contributed by atoms with Crippen molar-refractivity contribution in [2.75, 3.05) is 18.0 Å². The van der Waals surface area contributed by atoms with Crippen molar-refractivity contribution < 1.29 is 13.2 Å². The minimum Gasteiger partial charge on any atom is -0.372 e. The lowest BCUT2D eigenvalue weighted by atomic mass is 10.2. The summed E-state index contributed by atoms with van der Waals surface area (Å²) in [5.41, 5.74) is 3.56. The Labute approximate surface area is 152 Å². The first-order valence-corrected chi connectivity index (χ1v) is 9.66. The van der Waals surface area contributed by atoms with Crippen LogP contribution in [0.15, 0.2) is 53.4 Å². The summed E-state index contributed by atoms with van der Waals surface area (Å²) in [5.74, 6) is -0.538. The lowest BCUT2D eigenvalue weighted by Crippen LogP contribution is -2.41. The number of nitrogens with one attached hydrogen (secondary N) is 2. The fourth-order valence-electron chi connectivity index (χ4n) is 2.27. The molecule has 0 aliphatic rings. The molecule has 2 N–H and O–H groups in total. The molecule has 0 radical (unpaired) electrons. The fourth-order valence-corrected chi connectivity index (χ4v) is 3.24. The van der Waals surface area contributed by atoms with Crippen molar-refractivity contribution in [3.63, 3.8) is 0 Å². The second kappa shape index (κ2) is 8.33. The van der Waals surface area contributed by atoms with Crippen LogP contribution in [-0.4, -0.2) is 27.4 Å². The molecule has 0 atom stereocenters. The van der Waals surface area contributed by atoms with Gasteiger partial charge in [0.05, 0.1) is 4.90 Å².